The minimum Gasteiger partial charge on any atom is -0.462 e. The van der Waals surface area contributed by atoms with Gasteiger partial charge in [0.15, 0.2) is 0 Å². The minimum atomic E-state index is 0.417. The van der Waals surface area contributed by atoms with E-state index in [9.17, 15) is 0 Å². The lowest BCUT2D eigenvalue weighted by Crippen LogP contribution is -1.86. The SMILES string of the molecule is N#Cc1ccccc1CC#CO. The van der Waals surface area contributed by atoms with Gasteiger partial charge in [0.25, 0.3) is 0 Å². The van der Waals surface area contributed by atoms with Crippen molar-refractivity contribution in [1.29, 1.82) is 5.26 Å². The van der Waals surface area contributed by atoms with Gasteiger partial charge in [-0.25, -0.2) is 0 Å². The molecule has 2 nitrogen and oxygen atoms in total. The lowest BCUT2D eigenvalue weighted by molar-refractivity contribution is 0.516. The van der Waals surface area contributed by atoms with Crippen LogP contribution in [0.25, 0.3) is 0 Å². The van der Waals surface area contributed by atoms with E-state index < -0.39 is 0 Å². The number of aliphatic hydroxyl groups excluding tert-OH is 1. The topological polar surface area (TPSA) is 44.0 Å². The Morgan fingerprint density at radius 1 is 1.33 bits per heavy atom. The van der Waals surface area contributed by atoms with Crippen LogP contribution in [0.2, 0.25) is 0 Å². The van der Waals surface area contributed by atoms with Crippen LogP contribution in [0.4, 0.5) is 0 Å². The molecule has 0 heterocycles. The van der Waals surface area contributed by atoms with Crippen molar-refractivity contribution in [2.75, 3.05) is 0 Å². The highest BCUT2D eigenvalue weighted by atomic mass is 16.2. The van der Waals surface area contributed by atoms with E-state index in [0.717, 1.165) is 5.56 Å². The monoisotopic (exact) mass is 157 g/mol. The van der Waals surface area contributed by atoms with Crippen molar-refractivity contribution in [3.05, 3.63) is 35.4 Å². The van der Waals surface area contributed by atoms with Crippen LogP contribution in [0.5, 0.6) is 0 Å². The van der Waals surface area contributed by atoms with Crippen LogP contribution in [-0.2, 0) is 6.42 Å². The molecule has 12 heavy (non-hydrogen) atoms. The van der Waals surface area contributed by atoms with Crippen LogP contribution in [0, 0.1) is 23.4 Å². The van der Waals surface area contributed by atoms with E-state index in [0.29, 0.717) is 12.0 Å². The number of nitriles is 1. The molecule has 0 unspecified atom stereocenters. The number of rotatable bonds is 1. The second-order valence-corrected chi connectivity index (χ2v) is 2.23. The summed E-state index contributed by atoms with van der Waals surface area (Å²) in [6, 6.07) is 9.25. The van der Waals surface area contributed by atoms with Gasteiger partial charge in [-0.05, 0) is 11.6 Å². The van der Waals surface area contributed by atoms with E-state index >= 15 is 0 Å². The van der Waals surface area contributed by atoms with E-state index in [4.69, 9.17) is 10.4 Å². The normalized spacial score (nSPS) is 7.92. The molecule has 0 saturated heterocycles. The molecule has 0 radical (unpaired) electrons. The molecule has 1 aromatic rings. The number of benzene rings is 1. The Morgan fingerprint density at radius 3 is 2.75 bits per heavy atom. The number of aliphatic hydroxyl groups is 1. The lowest BCUT2D eigenvalue weighted by Gasteiger charge is -1.95. The number of hydrogen-bond acceptors (Lipinski definition) is 2. The molecule has 2 heteroatoms. The summed E-state index contributed by atoms with van der Waals surface area (Å²) in [5, 5.41) is 16.9. The predicted molar refractivity (Wildman–Crippen MR) is 44.6 cm³/mol. The summed E-state index contributed by atoms with van der Waals surface area (Å²) in [4.78, 5) is 0. The van der Waals surface area contributed by atoms with Crippen molar-refractivity contribution in [2.45, 2.75) is 6.42 Å². The molecule has 0 amide bonds. The molecule has 0 bridgehead atoms. The van der Waals surface area contributed by atoms with Gasteiger partial charge in [-0.2, -0.15) is 5.26 Å². The molecule has 0 spiro atoms. The zero-order valence-corrected chi connectivity index (χ0v) is 6.41. The van der Waals surface area contributed by atoms with Gasteiger partial charge < -0.3 is 5.11 Å². The first-order valence-corrected chi connectivity index (χ1v) is 3.48. The van der Waals surface area contributed by atoms with E-state index in [1.807, 2.05) is 18.2 Å². The third-order valence-electron chi connectivity index (χ3n) is 1.50. The Morgan fingerprint density at radius 2 is 2.08 bits per heavy atom. The number of nitrogens with zero attached hydrogens (tertiary/aromatic N) is 1. The molecule has 0 atom stereocenters. The summed E-state index contributed by atoms with van der Waals surface area (Å²) in [7, 11) is 0. The van der Waals surface area contributed by atoms with Crippen molar-refractivity contribution < 1.29 is 5.11 Å². The van der Waals surface area contributed by atoms with E-state index in [2.05, 4.69) is 12.0 Å². The van der Waals surface area contributed by atoms with Crippen LogP contribution in [0.3, 0.4) is 0 Å². The largest absolute Gasteiger partial charge is 0.462 e. The maximum atomic E-state index is 8.66. The first-order valence-electron chi connectivity index (χ1n) is 3.48. The summed E-state index contributed by atoms with van der Waals surface area (Å²) in [6.07, 6.45) is 2.22. The van der Waals surface area contributed by atoms with Gasteiger partial charge in [0.1, 0.15) is 6.11 Å². The van der Waals surface area contributed by atoms with Crippen LogP contribution in [0.15, 0.2) is 24.3 Å². The quantitative estimate of drug-likeness (QED) is 0.627. The molecule has 0 saturated carbocycles. The second-order valence-electron chi connectivity index (χ2n) is 2.23. The van der Waals surface area contributed by atoms with Gasteiger partial charge in [0, 0.05) is 6.42 Å². The van der Waals surface area contributed by atoms with Gasteiger partial charge >= 0.3 is 0 Å². The van der Waals surface area contributed by atoms with Crippen LogP contribution in [0.1, 0.15) is 11.1 Å². The van der Waals surface area contributed by atoms with Gasteiger partial charge in [0.05, 0.1) is 11.6 Å². The smallest absolute Gasteiger partial charge is 0.107 e. The summed E-state index contributed by atoms with van der Waals surface area (Å²) in [5.74, 6) is 2.49. The molecule has 1 N–H and O–H groups in total. The van der Waals surface area contributed by atoms with Crippen molar-refractivity contribution in [2.24, 2.45) is 0 Å². The molecular weight excluding hydrogens is 150 g/mol. The zero-order valence-electron chi connectivity index (χ0n) is 6.41. The van der Waals surface area contributed by atoms with E-state index in [1.54, 1.807) is 12.1 Å². The molecule has 0 fully saturated rings. The Kier molecular flexibility index (Phi) is 2.76. The standard InChI is InChI=1S/C10H7NO/c11-8-10-5-2-1-4-9(10)6-3-7-12/h1-2,4-5,12H,6H2. The van der Waals surface area contributed by atoms with Crippen LogP contribution in [-0.4, -0.2) is 5.11 Å². The van der Waals surface area contributed by atoms with Gasteiger partial charge in [-0.1, -0.05) is 24.1 Å². The predicted octanol–water partition coefficient (Wildman–Crippen LogP) is 1.43. The second kappa shape index (κ2) is 4.05. The number of hydrogen-bond donors (Lipinski definition) is 1. The fourth-order valence-electron chi connectivity index (χ4n) is 0.918. The molecule has 58 valence electrons. The van der Waals surface area contributed by atoms with Crippen molar-refractivity contribution in [3.63, 3.8) is 0 Å². The molecule has 0 aliphatic carbocycles. The molecule has 0 aliphatic heterocycles. The third-order valence-corrected chi connectivity index (χ3v) is 1.50. The van der Waals surface area contributed by atoms with Crippen LogP contribution >= 0.6 is 0 Å². The van der Waals surface area contributed by atoms with Crippen molar-refractivity contribution in [3.8, 4) is 18.1 Å². The fraction of sp³-hybridized carbons (Fsp3) is 0.100. The first kappa shape index (κ1) is 8.17. The van der Waals surface area contributed by atoms with Crippen molar-refractivity contribution in [1.82, 2.24) is 0 Å². The lowest BCUT2D eigenvalue weighted by atomic mass is 10.1. The average Bonchev–Trinajstić information content (AvgIpc) is 2.15. The maximum absolute atomic E-state index is 8.66. The first-order chi connectivity index (χ1) is 5.88. The highest BCUT2D eigenvalue weighted by Gasteiger charge is 1.96. The van der Waals surface area contributed by atoms with E-state index in [1.165, 1.54) is 0 Å². The fourth-order valence-corrected chi connectivity index (χ4v) is 0.918. The highest BCUT2D eigenvalue weighted by molar-refractivity contribution is 5.39. The molecule has 1 aromatic carbocycles. The maximum Gasteiger partial charge on any atom is 0.107 e. The molecular formula is C10H7NO. The highest BCUT2D eigenvalue weighted by Crippen LogP contribution is 2.06. The Balaban J connectivity index is 2.96. The average molecular weight is 157 g/mol. The Bertz CT molecular complexity index is 365. The summed E-state index contributed by atoms with van der Waals surface area (Å²) < 4.78 is 0. The van der Waals surface area contributed by atoms with Crippen molar-refractivity contribution >= 4 is 0 Å². The molecule has 0 aromatic heterocycles. The molecule has 1 rings (SSSR count). The van der Waals surface area contributed by atoms with Crippen LogP contribution < -0.4 is 0 Å². The van der Waals surface area contributed by atoms with Gasteiger partial charge in [-0.15, -0.1) is 0 Å². The third kappa shape index (κ3) is 1.78. The summed E-state index contributed by atoms with van der Waals surface area (Å²) >= 11 is 0. The van der Waals surface area contributed by atoms with E-state index in [-0.39, 0.29) is 0 Å². The zero-order chi connectivity index (χ0) is 8.81. The van der Waals surface area contributed by atoms with Gasteiger partial charge in [-0.3, -0.25) is 0 Å². The molecule has 0 aliphatic rings. The minimum absolute atomic E-state index is 0.417. The summed E-state index contributed by atoms with van der Waals surface area (Å²) in [5.41, 5.74) is 1.46. The Hall–Kier alpha value is -1.93. The van der Waals surface area contributed by atoms with Gasteiger partial charge in [0.2, 0.25) is 0 Å². The summed E-state index contributed by atoms with van der Waals surface area (Å²) in [6.45, 7) is 0. The Labute approximate surface area is 71.1 Å².